The Labute approximate surface area is 271 Å². The van der Waals surface area contributed by atoms with E-state index >= 15 is 0 Å². The Morgan fingerprint density at radius 2 is 1.76 bits per heavy atom. The van der Waals surface area contributed by atoms with E-state index in [0.29, 0.717) is 45.9 Å². The fraction of sp³-hybridized carbons (Fsp3) is 0.194. The molecule has 2 amide bonds. The first-order valence-corrected chi connectivity index (χ1v) is 15.6. The first-order chi connectivity index (χ1) is 22.2. The molecule has 1 fully saturated rings. The second-order valence-electron chi connectivity index (χ2n) is 11.9. The molecule has 0 radical (unpaired) electrons. The Bertz CT molecular complexity index is 2090. The molecule has 8 rings (SSSR count). The number of phenols is 1. The second-order valence-corrected chi connectivity index (χ2v) is 12.7. The number of carbonyl (C=O) groups excluding carboxylic acids is 4. The molecule has 4 aromatic rings. The molecular weight excluding hydrogens is 652 g/mol. The lowest BCUT2D eigenvalue weighted by molar-refractivity contribution is -0.123. The number of halogens is 1. The molecule has 4 unspecified atom stereocenters. The van der Waals surface area contributed by atoms with Crippen LogP contribution >= 0.6 is 15.9 Å². The van der Waals surface area contributed by atoms with E-state index < -0.39 is 23.7 Å². The van der Waals surface area contributed by atoms with Gasteiger partial charge in [0.25, 0.3) is 0 Å². The number of hydrogen-bond acceptors (Lipinski definition) is 8. The van der Waals surface area contributed by atoms with Crippen LogP contribution in [0.4, 0.5) is 5.69 Å². The number of phenolic OH excluding ortho intramolecular Hbond substituents is 1. The highest BCUT2D eigenvalue weighted by Crippen LogP contribution is 2.56. The minimum Gasteiger partial charge on any atom is -0.504 e. The maximum atomic E-state index is 14.2. The van der Waals surface area contributed by atoms with Crippen molar-refractivity contribution in [2.45, 2.75) is 18.8 Å². The topological polar surface area (TPSA) is 127 Å². The number of Topliss-reactive ketones (excluding diaryl/α,β-unsaturated/α-hetero) is 1. The minimum absolute atomic E-state index is 0.107. The van der Waals surface area contributed by atoms with Crippen LogP contribution in [-0.4, -0.2) is 40.6 Å². The Hall–Kier alpha value is -5.09. The molecule has 9 nitrogen and oxygen atoms in total. The number of aromatic hydroxyl groups is 1. The molecule has 228 valence electrons. The van der Waals surface area contributed by atoms with Crippen LogP contribution in [0.5, 0.6) is 11.5 Å². The maximum Gasteiger partial charge on any atom is 0.238 e. The zero-order valence-corrected chi connectivity index (χ0v) is 26.0. The lowest BCUT2D eigenvalue weighted by Crippen LogP contribution is -2.39. The number of para-hydroxylation sites is 2. The molecular formula is C36H25BrN2O7. The number of aromatic nitrogens is 1. The van der Waals surface area contributed by atoms with Crippen LogP contribution in [0.25, 0.3) is 22.6 Å². The molecule has 3 aromatic carbocycles. The highest BCUT2D eigenvalue weighted by molar-refractivity contribution is 9.12. The molecule has 4 aliphatic rings. The summed E-state index contributed by atoms with van der Waals surface area (Å²) in [6, 6.07) is 19.3. The van der Waals surface area contributed by atoms with E-state index in [2.05, 4.69) is 20.9 Å². The summed E-state index contributed by atoms with van der Waals surface area (Å²) in [6.45, 7) is 0. The second kappa shape index (κ2) is 10.5. The van der Waals surface area contributed by atoms with Crippen molar-refractivity contribution in [2.75, 3.05) is 12.0 Å². The van der Waals surface area contributed by atoms with E-state index in [4.69, 9.17) is 9.15 Å². The standard InChI is InChI=1S/C36H25BrN2O7/c1-45-29-13-8-18(14-26(29)40)30-20-11-12-21-31(22(20)15-23-32(30)27(41)16-24(37)33(23)42)36(44)39(35(21)43)19-9-6-17(7-10-19)34-38-25-4-2-3-5-28(25)46-34/h2-11,13-14,16,21-22,30-31,40H,12,15H2,1H3. The normalized spacial score (nSPS) is 24.1. The summed E-state index contributed by atoms with van der Waals surface area (Å²) < 4.78 is 11.3. The quantitative estimate of drug-likeness (QED) is 0.154. The van der Waals surface area contributed by atoms with Gasteiger partial charge in [-0.05, 0) is 88.8 Å². The Morgan fingerprint density at radius 1 is 0.978 bits per heavy atom. The van der Waals surface area contributed by atoms with Crippen molar-refractivity contribution in [1.82, 2.24) is 4.98 Å². The van der Waals surface area contributed by atoms with Crippen molar-refractivity contribution in [3.05, 3.63) is 106 Å². The zero-order chi connectivity index (χ0) is 31.9. The maximum absolute atomic E-state index is 14.2. The van der Waals surface area contributed by atoms with Gasteiger partial charge in [-0.25, -0.2) is 4.98 Å². The van der Waals surface area contributed by atoms with Gasteiger partial charge >= 0.3 is 0 Å². The van der Waals surface area contributed by atoms with Gasteiger partial charge in [0, 0.05) is 28.7 Å². The summed E-state index contributed by atoms with van der Waals surface area (Å²) >= 11 is 3.25. The van der Waals surface area contributed by atoms with Gasteiger partial charge in [0.1, 0.15) is 5.52 Å². The third-order valence-electron chi connectivity index (χ3n) is 9.53. The molecule has 1 aliphatic heterocycles. The molecule has 0 bridgehead atoms. The Balaban J connectivity index is 1.16. The predicted molar refractivity (Wildman–Crippen MR) is 171 cm³/mol. The molecule has 10 heteroatoms. The number of allylic oxidation sites excluding steroid dienone is 6. The van der Waals surface area contributed by atoms with E-state index in [1.165, 1.54) is 24.2 Å². The Kier molecular flexibility index (Phi) is 6.47. The van der Waals surface area contributed by atoms with E-state index in [1.807, 2.05) is 30.3 Å². The molecule has 1 aromatic heterocycles. The summed E-state index contributed by atoms with van der Waals surface area (Å²) in [6.07, 6.45) is 3.68. The zero-order valence-electron chi connectivity index (χ0n) is 24.4. The number of ketones is 2. The van der Waals surface area contributed by atoms with Crippen molar-refractivity contribution in [3.8, 4) is 23.0 Å². The number of imide groups is 1. The van der Waals surface area contributed by atoms with E-state index in [-0.39, 0.29) is 45.8 Å². The first-order valence-electron chi connectivity index (χ1n) is 14.8. The lowest BCUT2D eigenvalue weighted by atomic mass is 9.59. The number of carbonyl (C=O) groups is 4. The van der Waals surface area contributed by atoms with E-state index in [9.17, 15) is 24.3 Å². The average Bonchev–Trinajstić information content (AvgIpc) is 3.61. The van der Waals surface area contributed by atoms with Gasteiger partial charge in [0.2, 0.25) is 17.7 Å². The van der Waals surface area contributed by atoms with Crippen LogP contribution < -0.4 is 9.64 Å². The van der Waals surface area contributed by atoms with Gasteiger partial charge in [-0.3, -0.25) is 24.1 Å². The number of fused-ring (bicyclic) bond motifs is 4. The molecule has 3 aliphatic carbocycles. The number of benzene rings is 3. The SMILES string of the molecule is COc1ccc(C2C3=CCC4C(=O)N(c5ccc(-c6nc7ccccc7o6)cc5)C(=O)C4C3CC3=C2C(=O)C=C(Br)C3=O)cc1O. The van der Waals surface area contributed by atoms with Crippen molar-refractivity contribution >= 4 is 56.1 Å². The fourth-order valence-corrected chi connectivity index (χ4v) is 7.92. The number of methoxy groups -OCH3 is 1. The Morgan fingerprint density at radius 3 is 2.50 bits per heavy atom. The van der Waals surface area contributed by atoms with Crippen molar-refractivity contribution in [1.29, 1.82) is 0 Å². The van der Waals surface area contributed by atoms with Crippen LogP contribution in [0, 0.1) is 17.8 Å². The number of ether oxygens (including phenoxy) is 1. The molecule has 1 saturated heterocycles. The van der Waals surface area contributed by atoms with E-state index in [1.54, 1.807) is 36.4 Å². The number of hydrogen-bond donors (Lipinski definition) is 1. The van der Waals surface area contributed by atoms with Gasteiger partial charge in [0.05, 0.1) is 29.1 Å². The third-order valence-corrected chi connectivity index (χ3v) is 10.1. The largest absolute Gasteiger partial charge is 0.504 e. The number of oxazole rings is 1. The molecule has 2 heterocycles. The van der Waals surface area contributed by atoms with Gasteiger partial charge in [-0.2, -0.15) is 0 Å². The smallest absolute Gasteiger partial charge is 0.238 e. The van der Waals surface area contributed by atoms with Crippen LogP contribution in [0.2, 0.25) is 0 Å². The van der Waals surface area contributed by atoms with Gasteiger partial charge in [-0.1, -0.05) is 29.8 Å². The van der Waals surface area contributed by atoms with Crippen molar-refractivity contribution in [2.24, 2.45) is 17.8 Å². The van der Waals surface area contributed by atoms with Crippen LogP contribution in [-0.2, 0) is 19.2 Å². The molecule has 46 heavy (non-hydrogen) atoms. The third kappa shape index (κ3) is 4.16. The summed E-state index contributed by atoms with van der Waals surface area (Å²) in [7, 11) is 1.44. The van der Waals surface area contributed by atoms with Crippen molar-refractivity contribution in [3.63, 3.8) is 0 Å². The van der Waals surface area contributed by atoms with Crippen LogP contribution in [0.15, 0.2) is 105 Å². The van der Waals surface area contributed by atoms with Crippen LogP contribution in [0.1, 0.15) is 24.3 Å². The summed E-state index contributed by atoms with van der Waals surface area (Å²) in [5.41, 5.74) is 4.58. The predicted octanol–water partition coefficient (Wildman–Crippen LogP) is 6.18. The number of amides is 2. The highest BCUT2D eigenvalue weighted by Gasteiger charge is 2.56. The first kappa shape index (κ1) is 28.4. The summed E-state index contributed by atoms with van der Waals surface area (Å²) in [5, 5.41) is 10.6. The van der Waals surface area contributed by atoms with Crippen LogP contribution in [0.3, 0.4) is 0 Å². The van der Waals surface area contributed by atoms with Crippen molar-refractivity contribution < 1.29 is 33.4 Å². The monoisotopic (exact) mass is 676 g/mol. The van der Waals surface area contributed by atoms with Gasteiger partial charge in [-0.15, -0.1) is 0 Å². The molecule has 0 saturated carbocycles. The van der Waals surface area contributed by atoms with E-state index in [0.717, 1.165) is 11.1 Å². The summed E-state index contributed by atoms with van der Waals surface area (Å²) in [4.78, 5) is 60.8. The number of anilines is 1. The fourth-order valence-electron chi connectivity index (χ4n) is 7.48. The molecule has 1 N–H and O–H groups in total. The number of nitrogens with zero attached hydrogens (tertiary/aromatic N) is 2. The molecule has 0 spiro atoms. The summed E-state index contributed by atoms with van der Waals surface area (Å²) in [5.74, 6) is -3.18. The minimum atomic E-state index is -0.722. The molecule has 4 atom stereocenters. The average molecular weight is 678 g/mol. The van der Waals surface area contributed by atoms with Gasteiger partial charge < -0.3 is 14.3 Å². The van der Waals surface area contributed by atoms with Gasteiger partial charge in [0.15, 0.2) is 28.6 Å². The number of rotatable bonds is 4. The highest BCUT2D eigenvalue weighted by atomic mass is 79.9. The lowest BCUT2D eigenvalue weighted by Gasteiger charge is -2.42.